The zero-order valence-corrected chi connectivity index (χ0v) is 14.2. The quantitative estimate of drug-likeness (QED) is 0.662. The van der Waals surface area contributed by atoms with E-state index in [0.717, 1.165) is 23.1 Å². The van der Waals surface area contributed by atoms with E-state index in [1.54, 1.807) is 6.20 Å². The molecule has 1 aliphatic rings. The van der Waals surface area contributed by atoms with Gasteiger partial charge in [-0.15, -0.1) is 0 Å². The predicted octanol–water partition coefficient (Wildman–Crippen LogP) is 2.39. The second kappa shape index (κ2) is 6.42. The van der Waals surface area contributed by atoms with Crippen molar-refractivity contribution in [3.05, 3.63) is 28.5 Å². The Hall–Kier alpha value is -0.980. The van der Waals surface area contributed by atoms with Crippen molar-refractivity contribution in [1.29, 1.82) is 0 Å². The summed E-state index contributed by atoms with van der Waals surface area (Å²) in [6, 6.07) is 3.85. The topological polar surface area (TPSA) is 60.5 Å². The zero-order chi connectivity index (χ0) is 15.5. The van der Waals surface area contributed by atoms with Crippen LogP contribution in [0.3, 0.4) is 0 Å². The molecular weight excluding hydrogens is 336 g/mol. The fourth-order valence-corrected chi connectivity index (χ4v) is 2.57. The molecule has 0 saturated carbocycles. The largest absolute Gasteiger partial charge is 0.458 e. The number of hydrogen-bond acceptors (Lipinski definition) is 5. The molecular formula is C15H21BrN2O3. The molecule has 2 heterocycles. The van der Waals surface area contributed by atoms with E-state index in [1.165, 1.54) is 0 Å². The summed E-state index contributed by atoms with van der Waals surface area (Å²) in [6.45, 7) is 6.99. The molecule has 0 aliphatic carbocycles. The van der Waals surface area contributed by atoms with Gasteiger partial charge >= 0.3 is 5.97 Å². The van der Waals surface area contributed by atoms with Gasteiger partial charge in [0.15, 0.2) is 0 Å². The number of hydrogen-bond donors (Lipinski definition) is 1. The molecule has 0 bridgehead atoms. The lowest BCUT2D eigenvalue weighted by atomic mass is 9.94. The van der Waals surface area contributed by atoms with Crippen LogP contribution in [0.5, 0.6) is 0 Å². The Morgan fingerprint density at radius 1 is 1.48 bits per heavy atom. The SMILES string of the molecule is CC(C)(C)OC(=O)COC1(c2ccc(Br)nc2)CCNC1. The van der Waals surface area contributed by atoms with Gasteiger partial charge in [0, 0.05) is 18.3 Å². The molecule has 2 rings (SSSR count). The van der Waals surface area contributed by atoms with Gasteiger partial charge in [0.1, 0.15) is 22.4 Å². The molecule has 1 fully saturated rings. The van der Waals surface area contributed by atoms with Crippen LogP contribution in [0.15, 0.2) is 22.9 Å². The molecule has 0 radical (unpaired) electrons. The van der Waals surface area contributed by atoms with E-state index in [9.17, 15) is 4.79 Å². The van der Waals surface area contributed by atoms with Crippen molar-refractivity contribution < 1.29 is 14.3 Å². The predicted molar refractivity (Wildman–Crippen MR) is 82.9 cm³/mol. The molecule has 1 atom stereocenters. The smallest absolute Gasteiger partial charge is 0.332 e. The van der Waals surface area contributed by atoms with Crippen molar-refractivity contribution in [2.45, 2.75) is 38.4 Å². The summed E-state index contributed by atoms with van der Waals surface area (Å²) in [5.41, 5.74) is -0.0371. The average Bonchev–Trinajstić information content (AvgIpc) is 2.85. The summed E-state index contributed by atoms with van der Waals surface area (Å²) in [4.78, 5) is 16.1. The summed E-state index contributed by atoms with van der Waals surface area (Å²) < 4.78 is 12.0. The van der Waals surface area contributed by atoms with E-state index in [0.29, 0.717) is 6.54 Å². The van der Waals surface area contributed by atoms with Crippen molar-refractivity contribution in [3.63, 3.8) is 0 Å². The van der Waals surface area contributed by atoms with Gasteiger partial charge in [-0.1, -0.05) is 6.07 Å². The Bertz CT molecular complexity index is 491. The molecule has 1 N–H and O–H groups in total. The summed E-state index contributed by atoms with van der Waals surface area (Å²) in [5.74, 6) is -0.348. The molecule has 6 heteroatoms. The Labute approximate surface area is 133 Å². The van der Waals surface area contributed by atoms with Crippen molar-refractivity contribution >= 4 is 21.9 Å². The van der Waals surface area contributed by atoms with Gasteiger partial charge in [-0.3, -0.25) is 0 Å². The third kappa shape index (κ3) is 4.49. The van der Waals surface area contributed by atoms with Gasteiger partial charge in [-0.25, -0.2) is 9.78 Å². The Morgan fingerprint density at radius 2 is 2.24 bits per heavy atom. The number of halogens is 1. The molecule has 0 aromatic carbocycles. The molecule has 5 nitrogen and oxygen atoms in total. The normalized spacial score (nSPS) is 22.3. The van der Waals surface area contributed by atoms with E-state index >= 15 is 0 Å². The van der Waals surface area contributed by atoms with Crippen molar-refractivity contribution in [1.82, 2.24) is 10.3 Å². The Morgan fingerprint density at radius 3 is 2.76 bits per heavy atom. The lowest BCUT2D eigenvalue weighted by Crippen LogP contribution is -2.36. The molecule has 1 unspecified atom stereocenters. The van der Waals surface area contributed by atoms with Gasteiger partial charge in [0.25, 0.3) is 0 Å². The minimum atomic E-state index is -0.509. The Kier molecular flexibility index (Phi) is 5.01. The number of carbonyl (C=O) groups excluding carboxylic acids is 1. The molecule has 1 aromatic heterocycles. The van der Waals surface area contributed by atoms with E-state index in [4.69, 9.17) is 9.47 Å². The summed E-state index contributed by atoms with van der Waals surface area (Å²) in [5, 5.41) is 3.28. The summed E-state index contributed by atoms with van der Waals surface area (Å²) in [7, 11) is 0. The van der Waals surface area contributed by atoms with Gasteiger partial charge in [-0.2, -0.15) is 0 Å². The van der Waals surface area contributed by atoms with Gasteiger partial charge in [0.05, 0.1) is 0 Å². The number of carbonyl (C=O) groups is 1. The van der Waals surface area contributed by atoms with Crippen LogP contribution in [0, 0.1) is 0 Å². The molecule has 0 spiro atoms. The highest BCUT2D eigenvalue weighted by Gasteiger charge is 2.38. The van der Waals surface area contributed by atoms with E-state index in [1.807, 2.05) is 32.9 Å². The van der Waals surface area contributed by atoms with E-state index in [2.05, 4.69) is 26.2 Å². The summed E-state index contributed by atoms with van der Waals surface area (Å²) >= 11 is 3.33. The van der Waals surface area contributed by atoms with Crippen molar-refractivity contribution in [2.24, 2.45) is 0 Å². The first-order valence-electron chi connectivity index (χ1n) is 6.99. The van der Waals surface area contributed by atoms with Crippen LogP contribution in [-0.4, -0.2) is 36.3 Å². The maximum atomic E-state index is 11.9. The number of nitrogens with one attached hydrogen (secondary N) is 1. The minimum Gasteiger partial charge on any atom is -0.458 e. The number of pyridine rings is 1. The van der Waals surface area contributed by atoms with Crippen LogP contribution in [-0.2, 0) is 19.9 Å². The number of esters is 1. The minimum absolute atomic E-state index is 0.0605. The van der Waals surface area contributed by atoms with Crippen molar-refractivity contribution in [3.8, 4) is 0 Å². The highest BCUT2D eigenvalue weighted by molar-refractivity contribution is 9.10. The third-order valence-corrected chi connectivity index (χ3v) is 3.73. The van der Waals surface area contributed by atoms with Crippen LogP contribution in [0.4, 0.5) is 0 Å². The monoisotopic (exact) mass is 356 g/mol. The van der Waals surface area contributed by atoms with Crippen LogP contribution in [0.2, 0.25) is 0 Å². The van der Waals surface area contributed by atoms with Gasteiger partial charge in [-0.05, 0) is 55.7 Å². The lowest BCUT2D eigenvalue weighted by molar-refractivity contribution is -0.167. The standard InChI is InChI=1S/C15H21BrN2O3/c1-14(2,3)21-13(19)9-20-15(6-7-17-10-15)11-4-5-12(16)18-8-11/h4-5,8,17H,6-7,9-10H2,1-3H3. The van der Waals surface area contributed by atoms with Crippen molar-refractivity contribution in [2.75, 3.05) is 19.7 Å². The number of nitrogens with zero attached hydrogens (tertiary/aromatic N) is 1. The fourth-order valence-electron chi connectivity index (χ4n) is 2.34. The molecule has 1 saturated heterocycles. The first-order valence-corrected chi connectivity index (χ1v) is 7.79. The first kappa shape index (κ1) is 16.4. The highest BCUT2D eigenvalue weighted by atomic mass is 79.9. The van der Waals surface area contributed by atoms with Crippen LogP contribution >= 0.6 is 15.9 Å². The second-order valence-corrected chi connectivity index (χ2v) is 6.98. The summed E-state index contributed by atoms with van der Waals surface area (Å²) in [6.07, 6.45) is 2.59. The fraction of sp³-hybridized carbons (Fsp3) is 0.600. The van der Waals surface area contributed by atoms with Crippen LogP contribution in [0.25, 0.3) is 0 Å². The van der Waals surface area contributed by atoms with Gasteiger partial charge < -0.3 is 14.8 Å². The van der Waals surface area contributed by atoms with Gasteiger partial charge in [0.2, 0.25) is 0 Å². The maximum Gasteiger partial charge on any atom is 0.332 e. The number of aromatic nitrogens is 1. The maximum absolute atomic E-state index is 11.9. The number of rotatable bonds is 4. The Balaban J connectivity index is 2.06. The first-order chi connectivity index (χ1) is 9.81. The van der Waals surface area contributed by atoms with E-state index < -0.39 is 11.2 Å². The van der Waals surface area contributed by atoms with E-state index in [-0.39, 0.29) is 12.6 Å². The van der Waals surface area contributed by atoms with Crippen LogP contribution < -0.4 is 5.32 Å². The third-order valence-electron chi connectivity index (χ3n) is 3.26. The molecule has 21 heavy (non-hydrogen) atoms. The molecule has 1 aliphatic heterocycles. The lowest BCUT2D eigenvalue weighted by Gasteiger charge is -2.29. The molecule has 116 valence electrons. The van der Waals surface area contributed by atoms with Crippen LogP contribution in [0.1, 0.15) is 32.8 Å². The zero-order valence-electron chi connectivity index (χ0n) is 12.6. The second-order valence-electron chi connectivity index (χ2n) is 6.17. The molecule has 0 amide bonds. The highest BCUT2D eigenvalue weighted by Crippen LogP contribution is 2.32. The number of ether oxygens (including phenoxy) is 2. The average molecular weight is 357 g/mol. The molecule has 1 aromatic rings.